The lowest BCUT2D eigenvalue weighted by molar-refractivity contribution is -0.137. The molecular formula is C25H25F3N4O3S. The molecule has 0 unspecified atom stereocenters. The Morgan fingerprint density at radius 3 is 2.50 bits per heavy atom. The van der Waals surface area contributed by atoms with Gasteiger partial charge in [0.2, 0.25) is 0 Å². The van der Waals surface area contributed by atoms with E-state index in [-0.39, 0.29) is 31.3 Å². The quantitative estimate of drug-likeness (QED) is 0.439. The van der Waals surface area contributed by atoms with Crippen LogP contribution in [0.4, 0.5) is 13.2 Å². The minimum atomic E-state index is -4.51. The summed E-state index contributed by atoms with van der Waals surface area (Å²) in [4.78, 5) is 28.9. The Hall–Kier alpha value is -3.44. The lowest BCUT2D eigenvalue weighted by atomic mass is 10.1. The number of methoxy groups -OCH3 is 1. The zero-order chi connectivity index (χ0) is 25.9. The number of nitrogens with zero attached hydrogens (tertiary/aromatic N) is 4. The summed E-state index contributed by atoms with van der Waals surface area (Å²) in [5.74, 6) is -0.963. The van der Waals surface area contributed by atoms with Crippen LogP contribution in [0.1, 0.15) is 39.0 Å². The van der Waals surface area contributed by atoms with Crippen molar-refractivity contribution in [3.8, 4) is 0 Å². The van der Waals surface area contributed by atoms with Crippen LogP contribution in [0.25, 0.3) is 0 Å². The van der Waals surface area contributed by atoms with Gasteiger partial charge in [-0.3, -0.25) is 9.59 Å². The summed E-state index contributed by atoms with van der Waals surface area (Å²) in [5, 5.41) is 7.96. The van der Waals surface area contributed by atoms with Crippen LogP contribution in [0.3, 0.4) is 0 Å². The molecule has 0 spiro atoms. The molecule has 1 aliphatic rings. The van der Waals surface area contributed by atoms with E-state index in [1.807, 2.05) is 47.5 Å². The Bertz CT molecular complexity index is 1240. The number of ether oxygens (including phenoxy) is 1. The van der Waals surface area contributed by atoms with E-state index in [0.29, 0.717) is 6.42 Å². The van der Waals surface area contributed by atoms with Gasteiger partial charge >= 0.3 is 6.18 Å². The summed E-state index contributed by atoms with van der Waals surface area (Å²) in [6.45, 7) is -0.0534. The third-order valence-electron chi connectivity index (χ3n) is 5.93. The summed E-state index contributed by atoms with van der Waals surface area (Å²) < 4.78 is 45.8. The van der Waals surface area contributed by atoms with Gasteiger partial charge in [0.25, 0.3) is 11.8 Å². The molecule has 2 amide bonds. The summed E-state index contributed by atoms with van der Waals surface area (Å²) >= 11 is 1.53. The minimum absolute atomic E-state index is 0.0510. The average Bonchev–Trinajstić information content (AvgIpc) is 3.61. The molecule has 0 saturated carbocycles. The van der Waals surface area contributed by atoms with E-state index in [4.69, 9.17) is 4.74 Å². The molecule has 0 fully saturated rings. The van der Waals surface area contributed by atoms with Gasteiger partial charge in [-0.2, -0.15) is 18.3 Å². The van der Waals surface area contributed by atoms with Gasteiger partial charge in [0.1, 0.15) is 12.6 Å². The van der Waals surface area contributed by atoms with Gasteiger partial charge in [-0.15, -0.1) is 11.3 Å². The number of hydrogen-bond acceptors (Lipinski definition) is 5. The molecule has 7 nitrogen and oxygen atoms in total. The first kappa shape index (κ1) is 25.6. The molecular weight excluding hydrogens is 493 g/mol. The fourth-order valence-corrected chi connectivity index (χ4v) is 4.78. The Morgan fingerprint density at radius 1 is 1.17 bits per heavy atom. The third-order valence-corrected chi connectivity index (χ3v) is 6.85. The molecule has 3 aromatic rings. The smallest absolute Gasteiger partial charge is 0.383 e. The number of carbonyl (C=O) groups is 2. The molecule has 1 aliphatic heterocycles. The summed E-state index contributed by atoms with van der Waals surface area (Å²) in [5.41, 5.74) is 0.879. The zero-order valence-electron chi connectivity index (χ0n) is 19.7. The predicted molar refractivity (Wildman–Crippen MR) is 130 cm³/mol. The zero-order valence-corrected chi connectivity index (χ0v) is 20.6. The largest absolute Gasteiger partial charge is 0.416 e. The monoisotopic (exact) mass is 518 g/mol. The van der Waals surface area contributed by atoms with Crippen LogP contribution in [0, 0.1) is 0 Å². The van der Waals surface area contributed by atoms with Gasteiger partial charge in [-0.25, -0.2) is 5.01 Å². The second kappa shape index (κ2) is 10.7. The first-order chi connectivity index (χ1) is 17.2. The minimum Gasteiger partial charge on any atom is -0.383 e. The Labute approximate surface area is 210 Å². The van der Waals surface area contributed by atoms with Crippen molar-refractivity contribution in [1.82, 2.24) is 14.5 Å². The second-order valence-electron chi connectivity index (χ2n) is 8.32. The van der Waals surface area contributed by atoms with Crippen LogP contribution in [-0.4, -0.2) is 58.8 Å². The number of benzene rings is 1. The normalized spacial score (nSPS) is 15.8. The maximum Gasteiger partial charge on any atom is 0.416 e. The van der Waals surface area contributed by atoms with E-state index in [1.165, 1.54) is 28.4 Å². The van der Waals surface area contributed by atoms with Gasteiger partial charge in [0.05, 0.1) is 22.8 Å². The first-order valence-electron chi connectivity index (χ1n) is 11.2. The van der Waals surface area contributed by atoms with Crippen molar-refractivity contribution >= 4 is 28.9 Å². The number of carbonyl (C=O) groups excluding carboxylic acids is 2. The van der Waals surface area contributed by atoms with Gasteiger partial charge in [0.15, 0.2) is 0 Å². The van der Waals surface area contributed by atoms with Crippen molar-refractivity contribution in [2.24, 2.45) is 12.1 Å². The van der Waals surface area contributed by atoms with Crippen LogP contribution in [0.5, 0.6) is 0 Å². The van der Waals surface area contributed by atoms with E-state index in [1.54, 1.807) is 0 Å². The molecule has 1 atom stereocenters. The van der Waals surface area contributed by atoms with Gasteiger partial charge in [-0.1, -0.05) is 6.07 Å². The predicted octanol–water partition coefficient (Wildman–Crippen LogP) is 4.57. The summed E-state index contributed by atoms with van der Waals surface area (Å²) in [6, 6.07) is 11.3. The number of hydrogen-bond donors (Lipinski definition) is 0. The Kier molecular flexibility index (Phi) is 7.60. The van der Waals surface area contributed by atoms with Crippen LogP contribution < -0.4 is 0 Å². The highest BCUT2D eigenvalue weighted by molar-refractivity contribution is 7.12. The number of thiophene rings is 1. The van der Waals surface area contributed by atoms with E-state index in [0.717, 1.165) is 40.5 Å². The van der Waals surface area contributed by atoms with Gasteiger partial charge in [0, 0.05) is 44.6 Å². The molecule has 0 N–H and O–H groups in total. The molecule has 0 saturated heterocycles. The van der Waals surface area contributed by atoms with E-state index in [9.17, 15) is 22.8 Å². The molecule has 1 aromatic carbocycles. The average molecular weight is 519 g/mol. The molecule has 0 aliphatic carbocycles. The molecule has 36 heavy (non-hydrogen) atoms. The first-order valence-corrected chi connectivity index (χ1v) is 12.1. The topological polar surface area (TPSA) is 67.1 Å². The second-order valence-corrected chi connectivity index (χ2v) is 9.27. The summed E-state index contributed by atoms with van der Waals surface area (Å²) in [6.07, 6.45) is -2.09. The number of halogens is 3. The number of aromatic nitrogens is 1. The third kappa shape index (κ3) is 5.52. The van der Waals surface area contributed by atoms with Gasteiger partial charge in [-0.05, 0) is 47.8 Å². The van der Waals surface area contributed by atoms with Crippen LogP contribution in [-0.2, 0) is 22.8 Å². The van der Waals surface area contributed by atoms with Crippen molar-refractivity contribution in [3.05, 3.63) is 81.8 Å². The molecule has 4 rings (SSSR count). The van der Waals surface area contributed by atoms with E-state index >= 15 is 0 Å². The molecule has 11 heteroatoms. The van der Waals surface area contributed by atoms with Crippen molar-refractivity contribution in [2.45, 2.75) is 18.6 Å². The van der Waals surface area contributed by atoms with Crippen LogP contribution in [0.2, 0.25) is 0 Å². The standard InChI is InChI=1S/C25H25F3N4O3S/c1-30-11-3-5-20(30)21-15-19(22-6-4-14-36-22)29-32(21)23(33)16-31(12-13-35-2)24(34)17-7-9-18(10-8-17)25(26,27)28/h3-11,14,21H,12-13,15-16H2,1-2H3/t21-/m1/s1. The van der Waals surface area contributed by atoms with Crippen LogP contribution in [0.15, 0.2) is 65.2 Å². The highest BCUT2D eigenvalue weighted by atomic mass is 32.1. The maximum atomic E-state index is 13.5. The van der Waals surface area contributed by atoms with E-state index in [2.05, 4.69) is 5.10 Å². The molecule has 0 radical (unpaired) electrons. The van der Waals surface area contributed by atoms with Crippen molar-refractivity contribution in [1.29, 1.82) is 0 Å². The number of aryl methyl sites for hydroxylation is 1. The van der Waals surface area contributed by atoms with Crippen molar-refractivity contribution < 1.29 is 27.5 Å². The molecule has 2 aromatic heterocycles. The van der Waals surface area contributed by atoms with Crippen molar-refractivity contribution in [2.75, 3.05) is 26.8 Å². The number of amides is 2. The number of hydrazone groups is 1. The lowest BCUT2D eigenvalue weighted by Gasteiger charge is -2.27. The molecule has 3 heterocycles. The maximum absolute atomic E-state index is 13.5. The molecule has 190 valence electrons. The number of alkyl halides is 3. The fourth-order valence-electron chi connectivity index (χ4n) is 4.06. The highest BCUT2D eigenvalue weighted by Crippen LogP contribution is 2.34. The Balaban J connectivity index is 1.58. The van der Waals surface area contributed by atoms with E-state index < -0.39 is 23.6 Å². The lowest BCUT2D eigenvalue weighted by Crippen LogP contribution is -2.43. The number of rotatable bonds is 8. The molecule has 0 bridgehead atoms. The SMILES string of the molecule is COCCN(CC(=O)N1N=C(c2cccs2)C[C@@H]1c1cccn1C)C(=O)c1ccc(C(F)(F)F)cc1. The van der Waals surface area contributed by atoms with Crippen LogP contribution >= 0.6 is 11.3 Å². The highest BCUT2D eigenvalue weighted by Gasteiger charge is 2.36. The van der Waals surface area contributed by atoms with Gasteiger partial charge < -0.3 is 14.2 Å². The summed E-state index contributed by atoms with van der Waals surface area (Å²) in [7, 11) is 3.35. The van der Waals surface area contributed by atoms with Crippen molar-refractivity contribution in [3.63, 3.8) is 0 Å². The Morgan fingerprint density at radius 2 is 1.92 bits per heavy atom. The fraction of sp³-hybridized carbons (Fsp3) is 0.320.